The Morgan fingerprint density at radius 3 is 2.08 bits per heavy atom. The molecule has 0 spiro atoms. The summed E-state index contributed by atoms with van der Waals surface area (Å²) in [5.41, 5.74) is 9.77. The van der Waals surface area contributed by atoms with Gasteiger partial charge >= 0.3 is 0 Å². The number of nitrogens with one attached hydrogen (secondary N) is 2. The minimum atomic E-state index is 0.771. The van der Waals surface area contributed by atoms with E-state index in [4.69, 9.17) is 5.73 Å². The molecule has 0 atom stereocenters. The van der Waals surface area contributed by atoms with Gasteiger partial charge in [0.2, 0.25) is 0 Å². The normalized spacial score (nSPS) is 9.58. The summed E-state index contributed by atoms with van der Waals surface area (Å²) in [5.74, 6) is 0. The maximum Gasteiger partial charge on any atom is 0.0809 e. The van der Waals surface area contributed by atoms with Crippen LogP contribution in [0, 0.1) is 6.92 Å². The molecule has 0 aliphatic heterocycles. The van der Waals surface area contributed by atoms with Gasteiger partial charge in [-0.05, 0) is 18.6 Å². The quantitative estimate of drug-likeness (QED) is 0.584. The van der Waals surface area contributed by atoms with Crippen LogP contribution >= 0.6 is 0 Å². The molecule has 0 heterocycles. The monoisotopic (exact) mass is 165 g/mol. The molecule has 1 rings (SSSR count). The van der Waals surface area contributed by atoms with E-state index in [9.17, 15) is 0 Å². The lowest BCUT2D eigenvalue weighted by Crippen LogP contribution is -2.02. The number of rotatable bonds is 2. The molecule has 0 amide bonds. The van der Waals surface area contributed by atoms with Crippen LogP contribution in [0.3, 0.4) is 0 Å². The number of nitrogens with two attached hydrogens (primary N) is 1. The molecule has 0 saturated heterocycles. The molecule has 0 bridgehead atoms. The van der Waals surface area contributed by atoms with Crippen LogP contribution in [-0.4, -0.2) is 14.1 Å². The first-order valence-electron chi connectivity index (χ1n) is 3.95. The molecule has 0 unspecified atom stereocenters. The van der Waals surface area contributed by atoms with Crippen LogP contribution in [-0.2, 0) is 0 Å². The molecule has 0 aliphatic carbocycles. The maximum absolute atomic E-state index is 5.77. The summed E-state index contributed by atoms with van der Waals surface area (Å²) in [5, 5.41) is 6.18. The summed E-state index contributed by atoms with van der Waals surface area (Å²) in [6.07, 6.45) is 0. The standard InChI is InChI=1S/C9H15N3/c1-6-4-5-7(10)9(12-3)8(6)11-2/h4-5,11-12H,10H2,1-3H3. The third kappa shape index (κ3) is 1.30. The number of anilines is 3. The predicted molar refractivity (Wildman–Crippen MR) is 54.7 cm³/mol. The fourth-order valence-corrected chi connectivity index (χ4v) is 1.31. The van der Waals surface area contributed by atoms with Crippen molar-refractivity contribution in [3.8, 4) is 0 Å². The van der Waals surface area contributed by atoms with Crippen LogP contribution in [0.2, 0.25) is 0 Å². The van der Waals surface area contributed by atoms with E-state index in [1.165, 1.54) is 5.56 Å². The van der Waals surface area contributed by atoms with Gasteiger partial charge in [0.15, 0.2) is 0 Å². The van der Waals surface area contributed by atoms with Gasteiger partial charge in [0.25, 0.3) is 0 Å². The zero-order chi connectivity index (χ0) is 9.14. The second kappa shape index (κ2) is 3.34. The number of hydrogen-bond donors (Lipinski definition) is 3. The summed E-state index contributed by atoms with van der Waals surface area (Å²) in [7, 11) is 3.76. The van der Waals surface area contributed by atoms with Gasteiger partial charge < -0.3 is 16.4 Å². The lowest BCUT2D eigenvalue weighted by molar-refractivity contribution is 1.38. The molecule has 0 aromatic heterocycles. The fraction of sp³-hybridized carbons (Fsp3) is 0.333. The lowest BCUT2D eigenvalue weighted by Gasteiger charge is -2.13. The zero-order valence-electron chi connectivity index (χ0n) is 7.73. The zero-order valence-corrected chi connectivity index (χ0v) is 7.73. The van der Waals surface area contributed by atoms with E-state index >= 15 is 0 Å². The summed E-state index contributed by atoms with van der Waals surface area (Å²) in [6.45, 7) is 2.05. The molecule has 12 heavy (non-hydrogen) atoms. The van der Waals surface area contributed by atoms with Crippen molar-refractivity contribution in [3.63, 3.8) is 0 Å². The first-order chi connectivity index (χ1) is 5.70. The summed E-state index contributed by atoms with van der Waals surface area (Å²) < 4.78 is 0. The Hall–Kier alpha value is -1.38. The Labute approximate surface area is 73.0 Å². The van der Waals surface area contributed by atoms with Gasteiger partial charge in [-0.1, -0.05) is 6.07 Å². The molecule has 0 radical (unpaired) electrons. The van der Waals surface area contributed by atoms with E-state index in [-0.39, 0.29) is 0 Å². The SMILES string of the molecule is CNc1c(C)ccc(N)c1NC. The van der Waals surface area contributed by atoms with Gasteiger partial charge in [-0.3, -0.25) is 0 Å². The van der Waals surface area contributed by atoms with E-state index in [1.807, 2.05) is 33.2 Å². The summed E-state index contributed by atoms with van der Waals surface area (Å²) in [6, 6.07) is 3.91. The van der Waals surface area contributed by atoms with Crippen LogP contribution in [0.5, 0.6) is 0 Å². The van der Waals surface area contributed by atoms with Crippen molar-refractivity contribution in [2.75, 3.05) is 30.5 Å². The van der Waals surface area contributed by atoms with E-state index in [1.54, 1.807) is 0 Å². The van der Waals surface area contributed by atoms with Crippen molar-refractivity contribution in [1.82, 2.24) is 0 Å². The Bertz CT molecular complexity index is 252. The average Bonchev–Trinajstić information content (AvgIpc) is 2.08. The molecule has 3 heteroatoms. The van der Waals surface area contributed by atoms with Crippen LogP contribution in [0.4, 0.5) is 17.1 Å². The lowest BCUT2D eigenvalue weighted by atomic mass is 10.1. The molecular formula is C9H15N3. The molecule has 66 valence electrons. The molecule has 0 saturated carbocycles. The van der Waals surface area contributed by atoms with Gasteiger partial charge in [0.1, 0.15) is 0 Å². The first-order valence-corrected chi connectivity index (χ1v) is 3.95. The Morgan fingerprint density at radius 2 is 1.67 bits per heavy atom. The minimum Gasteiger partial charge on any atom is -0.397 e. The van der Waals surface area contributed by atoms with Gasteiger partial charge in [0, 0.05) is 14.1 Å². The van der Waals surface area contributed by atoms with Crippen LogP contribution < -0.4 is 16.4 Å². The Kier molecular flexibility index (Phi) is 2.43. The number of aryl methyl sites for hydroxylation is 1. The van der Waals surface area contributed by atoms with Gasteiger partial charge in [-0.2, -0.15) is 0 Å². The molecule has 3 nitrogen and oxygen atoms in total. The highest BCUT2D eigenvalue weighted by atomic mass is 14.9. The highest BCUT2D eigenvalue weighted by Gasteiger charge is 2.05. The highest BCUT2D eigenvalue weighted by molar-refractivity contribution is 5.83. The van der Waals surface area contributed by atoms with Crippen LogP contribution in [0.1, 0.15) is 5.56 Å². The van der Waals surface area contributed by atoms with E-state index in [0.29, 0.717) is 0 Å². The second-order valence-corrected chi connectivity index (χ2v) is 2.72. The van der Waals surface area contributed by atoms with Crippen molar-refractivity contribution in [2.45, 2.75) is 6.92 Å². The molecule has 0 fully saturated rings. The van der Waals surface area contributed by atoms with Gasteiger partial charge in [0.05, 0.1) is 17.1 Å². The largest absolute Gasteiger partial charge is 0.397 e. The van der Waals surface area contributed by atoms with Crippen molar-refractivity contribution in [3.05, 3.63) is 17.7 Å². The third-order valence-electron chi connectivity index (χ3n) is 1.95. The number of nitrogen functional groups attached to an aromatic ring is 1. The molecule has 0 aliphatic rings. The fourth-order valence-electron chi connectivity index (χ4n) is 1.31. The van der Waals surface area contributed by atoms with Crippen molar-refractivity contribution in [2.24, 2.45) is 0 Å². The van der Waals surface area contributed by atoms with Crippen molar-refractivity contribution < 1.29 is 0 Å². The van der Waals surface area contributed by atoms with E-state index in [0.717, 1.165) is 17.1 Å². The van der Waals surface area contributed by atoms with Crippen LogP contribution in [0.15, 0.2) is 12.1 Å². The maximum atomic E-state index is 5.77. The number of benzene rings is 1. The summed E-state index contributed by atoms with van der Waals surface area (Å²) >= 11 is 0. The topological polar surface area (TPSA) is 50.1 Å². The van der Waals surface area contributed by atoms with Crippen LogP contribution in [0.25, 0.3) is 0 Å². The minimum absolute atomic E-state index is 0.771. The smallest absolute Gasteiger partial charge is 0.0809 e. The first kappa shape index (κ1) is 8.71. The third-order valence-corrected chi connectivity index (χ3v) is 1.95. The Morgan fingerprint density at radius 1 is 1.08 bits per heavy atom. The van der Waals surface area contributed by atoms with E-state index in [2.05, 4.69) is 10.6 Å². The van der Waals surface area contributed by atoms with Crippen molar-refractivity contribution >= 4 is 17.1 Å². The second-order valence-electron chi connectivity index (χ2n) is 2.72. The van der Waals surface area contributed by atoms with E-state index < -0.39 is 0 Å². The van der Waals surface area contributed by atoms with Gasteiger partial charge in [-0.15, -0.1) is 0 Å². The summed E-state index contributed by atoms with van der Waals surface area (Å²) in [4.78, 5) is 0. The average molecular weight is 165 g/mol. The van der Waals surface area contributed by atoms with Gasteiger partial charge in [-0.25, -0.2) is 0 Å². The predicted octanol–water partition coefficient (Wildman–Crippen LogP) is 1.66. The molecule has 1 aromatic carbocycles. The highest BCUT2D eigenvalue weighted by Crippen LogP contribution is 2.30. The molecule has 1 aromatic rings. The number of hydrogen-bond acceptors (Lipinski definition) is 3. The van der Waals surface area contributed by atoms with Crippen molar-refractivity contribution in [1.29, 1.82) is 0 Å². The molecule has 4 N–H and O–H groups in total. The molecular weight excluding hydrogens is 150 g/mol. The Balaban J connectivity index is 3.28.